The molecule has 0 aliphatic rings. The highest BCUT2D eigenvalue weighted by atomic mass is 32.2. The molecule has 1 aromatic heterocycles. The Kier molecular flexibility index (Phi) is 3.68. The molecule has 2 aromatic rings. The Labute approximate surface area is 102 Å². The Hall–Kier alpha value is -1.49. The second-order valence-corrected chi connectivity index (χ2v) is 4.91. The molecule has 2 rings (SSSR count). The van der Waals surface area contributed by atoms with Gasteiger partial charge >= 0.3 is 11.4 Å². The number of fused-ring (bicyclic) bond motifs is 1. The lowest BCUT2D eigenvalue weighted by Gasteiger charge is -2.07. The first-order valence-corrected chi connectivity index (χ1v) is 6.60. The number of hydrogen-bond donors (Lipinski definition) is 0. The Bertz CT molecular complexity index is 629. The molecular formula is C12H13NO3S. The van der Waals surface area contributed by atoms with Gasteiger partial charge in [0.15, 0.2) is 0 Å². The minimum atomic E-state index is -0.578. The Morgan fingerprint density at radius 2 is 2.06 bits per heavy atom. The zero-order chi connectivity index (χ0) is 12.3. The lowest BCUT2D eigenvalue weighted by Crippen LogP contribution is -2.25. The molecule has 0 spiro atoms. The highest BCUT2D eigenvalue weighted by Crippen LogP contribution is 2.08. The Morgan fingerprint density at radius 1 is 1.29 bits per heavy atom. The van der Waals surface area contributed by atoms with Crippen LogP contribution in [0.4, 0.5) is 0 Å². The van der Waals surface area contributed by atoms with Crippen LogP contribution in [0.1, 0.15) is 6.92 Å². The summed E-state index contributed by atoms with van der Waals surface area (Å²) >= 11 is 1.74. The van der Waals surface area contributed by atoms with Crippen LogP contribution >= 0.6 is 11.8 Å². The predicted molar refractivity (Wildman–Crippen MR) is 69.7 cm³/mol. The molecule has 17 heavy (non-hydrogen) atoms. The van der Waals surface area contributed by atoms with E-state index in [0.717, 1.165) is 11.5 Å². The van der Waals surface area contributed by atoms with Gasteiger partial charge in [0, 0.05) is 12.3 Å². The van der Waals surface area contributed by atoms with Gasteiger partial charge in [-0.25, -0.2) is 9.59 Å². The molecule has 90 valence electrons. The van der Waals surface area contributed by atoms with Crippen molar-refractivity contribution in [3.63, 3.8) is 0 Å². The largest absolute Gasteiger partial charge is 0.422 e. The Morgan fingerprint density at radius 3 is 2.82 bits per heavy atom. The first-order valence-electron chi connectivity index (χ1n) is 5.44. The number of aromatic nitrogens is 1. The minimum Gasteiger partial charge on any atom is -0.372 e. The fraction of sp³-hybridized carbons (Fsp3) is 0.333. The Balaban J connectivity index is 2.54. The zero-order valence-corrected chi connectivity index (χ0v) is 10.3. The van der Waals surface area contributed by atoms with Crippen molar-refractivity contribution in [3.8, 4) is 0 Å². The van der Waals surface area contributed by atoms with Crippen LogP contribution in [-0.2, 0) is 6.54 Å². The molecule has 0 N–H and O–H groups in total. The van der Waals surface area contributed by atoms with E-state index in [4.69, 9.17) is 4.42 Å². The summed E-state index contributed by atoms with van der Waals surface area (Å²) in [5.41, 5.74) is 0.0791. The summed E-state index contributed by atoms with van der Waals surface area (Å²) < 4.78 is 6.21. The molecule has 1 heterocycles. The minimum absolute atomic E-state index is 0.452. The van der Waals surface area contributed by atoms with Crippen LogP contribution < -0.4 is 11.4 Å². The van der Waals surface area contributed by atoms with Crippen molar-refractivity contribution in [3.05, 3.63) is 45.2 Å². The fourth-order valence-electron chi connectivity index (χ4n) is 1.68. The second kappa shape index (κ2) is 5.23. The second-order valence-electron chi connectivity index (χ2n) is 3.52. The van der Waals surface area contributed by atoms with E-state index in [0.29, 0.717) is 17.4 Å². The standard InChI is InChI=1S/C12H13NO3S/c1-2-17-8-7-13-10-6-4-3-5-9(10)11(14)16-12(13)15/h3-6H,2,7-8H2,1H3. The van der Waals surface area contributed by atoms with Crippen LogP contribution in [-0.4, -0.2) is 16.1 Å². The van der Waals surface area contributed by atoms with E-state index in [-0.39, 0.29) is 0 Å². The molecule has 0 bridgehead atoms. The van der Waals surface area contributed by atoms with Gasteiger partial charge in [0.1, 0.15) is 0 Å². The van der Waals surface area contributed by atoms with Crippen LogP contribution in [0.25, 0.3) is 10.9 Å². The molecule has 0 radical (unpaired) electrons. The molecule has 4 nitrogen and oxygen atoms in total. The van der Waals surface area contributed by atoms with Gasteiger partial charge in [-0.3, -0.25) is 4.57 Å². The first kappa shape index (κ1) is 12.0. The lowest BCUT2D eigenvalue weighted by atomic mass is 10.2. The lowest BCUT2D eigenvalue weighted by molar-refractivity contribution is 0.422. The van der Waals surface area contributed by atoms with Gasteiger partial charge in [-0.1, -0.05) is 19.1 Å². The van der Waals surface area contributed by atoms with Crippen molar-refractivity contribution in [2.24, 2.45) is 0 Å². The predicted octanol–water partition coefficient (Wildman–Crippen LogP) is 1.71. The van der Waals surface area contributed by atoms with E-state index in [1.165, 1.54) is 4.57 Å². The van der Waals surface area contributed by atoms with E-state index < -0.39 is 11.4 Å². The van der Waals surface area contributed by atoms with Gasteiger partial charge in [-0.15, -0.1) is 0 Å². The number of rotatable bonds is 4. The maximum Gasteiger partial charge on any atom is 0.422 e. The quantitative estimate of drug-likeness (QED) is 0.776. The van der Waals surface area contributed by atoms with Crippen LogP contribution in [0.15, 0.2) is 38.3 Å². The summed E-state index contributed by atoms with van der Waals surface area (Å²) in [5.74, 6) is 1.25. The number of aryl methyl sites for hydroxylation is 1. The van der Waals surface area contributed by atoms with E-state index in [2.05, 4.69) is 6.92 Å². The third kappa shape index (κ3) is 2.44. The summed E-state index contributed by atoms with van der Waals surface area (Å²) in [5, 5.41) is 0.452. The number of hydrogen-bond acceptors (Lipinski definition) is 4. The van der Waals surface area contributed by atoms with Gasteiger partial charge < -0.3 is 4.42 Å². The van der Waals surface area contributed by atoms with Gasteiger partial charge in [-0.2, -0.15) is 11.8 Å². The molecule has 0 aliphatic heterocycles. The van der Waals surface area contributed by atoms with Crippen LogP contribution in [0.5, 0.6) is 0 Å². The smallest absolute Gasteiger partial charge is 0.372 e. The summed E-state index contributed by atoms with van der Waals surface area (Å²) in [4.78, 5) is 23.1. The molecule has 0 amide bonds. The molecule has 0 saturated heterocycles. The molecule has 0 fully saturated rings. The van der Waals surface area contributed by atoms with Crippen molar-refractivity contribution in [2.75, 3.05) is 11.5 Å². The van der Waals surface area contributed by atoms with Gasteiger partial charge in [-0.05, 0) is 17.9 Å². The highest BCUT2D eigenvalue weighted by Gasteiger charge is 2.07. The highest BCUT2D eigenvalue weighted by molar-refractivity contribution is 7.99. The molecule has 1 aromatic carbocycles. The molecule has 0 aliphatic carbocycles. The topological polar surface area (TPSA) is 52.2 Å². The van der Waals surface area contributed by atoms with Crippen molar-refractivity contribution in [2.45, 2.75) is 13.5 Å². The van der Waals surface area contributed by atoms with E-state index in [9.17, 15) is 9.59 Å². The van der Waals surface area contributed by atoms with Gasteiger partial charge in [0.05, 0.1) is 10.9 Å². The van der Waals surface area contributed by atoms with Crippen molar-refractivity contribution in [1.29, 1.82) is 0 Å². The van der Waals surface area contributed by atoms with Crippen LogP contribution in [0, 0.1) is 0 Å². The molecule has 0 saturated carbocycles. The van der Waals surface area contributed by atoms with E-state index in [1.807, 2.05) is 6.07 Å². The van der Waals surface area contributed by atoms with E-state index in [1.54, 1.807) is 30.0 Å². The third-order valence-electron chi connectivity index (χ3n) is 2.48. The first-order chi connectivity index (χ1) is 8.24. The monoisotopic (exact) mass is 251 g/mol. The summed E-state index contributed by atoms with van der Waals surface area (Å²) in [6, 6.07) is 7.01. The maximum atomic E-state index is 11.6. The number of benzene rings is 1. The van der Waals surface area contributed by atoms with E-state index >= 15 is 0 Å². The third-order valence-corrected chi connectivity index (χ3v) is 3.36. The average molecular weight is 251 g/mol. The van der Waals surface area contributed by atoms with Crippen molar-refractivity contribution >= 4 is 22.7 Å². The number of para-hydroxylation sites is 1. The summed E-state index contributed by atoms with van der Waals surface area (Å²) in [7, 11) is 0. The molecule has 0 atom stereocenters. The number of thioether (sulfide) groups is 1. The van der Waals surface area contributed by atoms with Crippen LogP contribution in [0.2, 0.25) is 0 Å². The zero-order valence-electron chi connectivity index (χ0n) is 9.51. The van der Waals surface area contributed by atoms with Crippen molar-refractivity contribution in [1.82, 2.24) is 4.57 Å². The maximum absolute atomic E-state index is 11.6. The SMILES string of the molecule is CCSCCn1c(=O)oc(=O)c2ccccc21. The van der Waals surface area contributed by atoms with Gasteiger partial charge in [0.25, 0.3) is 0 Å². The summed E-state index contributed by atoms with van der Waals surface area (Å²) in [6.07, 6.45) is 0. The summed E-state index contributed by atoms with van der Waals surface area (Å²) in [6.45, 7) is 2.62. The van der Waals surface area contributed by atoms with Crippen LogP contribution in [0.3, 0.4) is 0 Å². The number of nitrogens with zero attached hydrogens (tertiary/aromatic N) is 1. The molecule has 0 unspecified atom stereocenters. The fourth-order valence-corrected chi connectivity index (χ4v) is 2.28. The molecule has 5 heteroatoms. The van der Waals surface area contributed by atoms with Crippen molar-refractivity contribution < 1.29 is 4.42 Å². The normalized spacial score (nSPS) is 10.9. The van der Waals surface area contributed by atoms with Gasteiger partial charge in [0.2, 0.25) is 0 Å². The molecular weight excluding hydrogens is 238 g/mol. The average Bonchev–Trinajstić information content (AvgIpc) is 2.33.